The van der Waals surface area contributed by atoms with Crippen molar-refractivity contribution in [2.45, 2.75) is 17.5 Å². The first-order valence-electron chi connectivity index (χ1n) is 7.90. The summed E-state index contributed by atoms with van der Waals surface area (Å²) in [6.45, 7) is 0.903. The largest absolute Gasteiger partial charge is 0.348 e. The second-order valence-corrected chi connectivity index (χ2v) is 7.78. The Morgan fingerprint density at radius 1 is 1.04 bits per heavy atom. The number of hydrogen-bond acceptors (Lipinski definition) is 3. The van der Waals surface area contributed by atoms with Crippen molar-refractivity contribution in [1.29, 1.82) is 0 Å². The van der Waals surface area contributed by atoms with Crippen LogP contribution in [0.1, 0.15) is 17.3 Å². The van der Waals surface area contributed by atoms with Gasteiger partial charge in [0.25, 0.3) is 0 Å². The van der Waals surface area contributed by atoms with Gasteiger partial charge >= 0.3 is 0 Å². The molecule has 0 saturated heterocycles. The summed E-state index contributed by atoms with van der Waals surface area (Å²) in [5.41, 5.74) is 1.60. The predicted molar refractivity (Wildman–Crippen MR) is 90.8 cm³/mol. The Bertz CT molecular complexity index is 985. The smallest absolute Gasteiger partial charge is 0.245 e. The molecule has 3 aromatic rings. The summed E-state index contributed by atoms with van der Waals surface area (Å²) in [5, 5.41) is 0. The quantitative estimate of drug-likeness (QED) is 0.724. The van der Waals surface area contributed by atoms with Gasteiger partial charge in [-0.2, -0.15) is 4.31 Å². The average Bonchev–Trinajstić information content (AvgIpc) is 3.11. The van der Waals surface area contributed by atoms with Crippen molar-refractivity contribution in [3.63, 3.8) is 0 Å². The zero-order chi connectivity index (χ0) is 17.4. The highest BCUT2D eigenvalue weighted by Gasteiger charge is 2.37. The van der Waals surface area contributed by atoms with Gasteiger partial charge in [0, 0.05) is 37.4 Å². The minimum Gasteiger partial charge on any atom is -0.348 e. The first-order chi connectivity index (χ1) is 12.1. The number of fused-ring (bicyclic) bond motifs is 1. The highest BCUT2D eigenvalue weighted by atomic mass is 32.2. The molecule has 1 aliphatic heterocycles. The van der Waals surface area contributed by atoms with Crippen molar-refractivity contribution in [3.8, 4) is 0 Å². The lowest BCUT2D eigenvalue weighted by Crippen LogP contribution is -2.42. The fraction of sp³-hybridized carbons (Fsp3) is 0.167. The van der Waals surface area contributed by atoms with E-state index in [0.29, 0.717) is 13.1 Å². The molecule has 128 valence electrons. The number of benzene rings is 1. The number of hydrogen-bond donors (Lipinski definition) is 0. The summed E-state index contributed by atoms with van der Waals surface area (Å²) in [5.74, 6) is -0.350. The van der Waals surface area contributed by atoms with E-state index in [2.05, 4.69) is 4.98 Å². The first kappa shape index (κ1) is 16.0. The molecule has 1 atom stereocenters. The van der Waals surface area contributed by atoms with Crippen LogP contribution in [0.25, 0.3) is 0 Å². The van der Waals surface area contributed by atoms with Gasteiger partial charge < -0.3 is 4.57 Å². The monoisotopic (exact) mass is 357 g/mol. The predicted octanol–water partition coefficient (Wildman–Crippen LogP) is 2.82. The summed E-state index contributed by atoms with van der Waals surface area (Å²) in [7, 11) is -3.73. The lowest BCUT2D eigenvalue weighted by Gasteiger charge is -2.36. The normalized spacial score (nSPS) is 18.0. The molecule has 0 bridgehead atoms. The highest BCUT2D eigenvalue weighted by Crippen LogP contribution is 2.36. The van der Waals surface area contributed by atoms with Gasteiger partial charge in [-0.25, -0.2) is 12.8 Å². The van der Waals surface area contributed by atoms with Gasteiger partial charge in [0.15, 0.2) is 0 Å². The maximum absolute atomic E-state index is 13.3. The standard InChI is InChI=1S/C18H16FN3O2S/c19-15-7-5-14(6-8-15)18-17-4-2-10-21(17)11-12-22(18)25(23,24)16-3-1-9-20-13-16/h1-10,13,18H,11-12H2. The highest BCUT2D eigenvalue weighted by molar-refractivity contribution is 7.89. The minimum atomic E-state index is -3.73. The second-order valence-electron chi connectivity index (χ2n) is 5.89. The van der Waals surface area contributed by atoms with Crippen molar-refractivity contribution in [1.82, 2.24) is 13.9 Å². The number of aromatic nitrogens is 2. The van der Waals surface area contributed by atoms with Crippen LogP contribution in [0.5, 0.6) is 0 Å². The van der Waals surface area contributed by atoms with Crippen molar-refractivity contribution in [2.75, 3.05) is 6.54 Å². The molecule has 4 rings (SSSR count). The summed E-state index contributed by atoms with van der Waals surface area (Å²) < 4.78 is 43.2. The molecular formula is C18H16FN3O2S. The molecule has 0 amide bonds. The Labute approximate surface area is 145 Å². The Morgan fingerprint density at radius 2 is 1.84 bits per heavy atom. The van der Waals surface area contributed by atoms with Crippen LogP contribution >= 0.6 is 0 Å². The van der Waals surface area contributed by atoms with E-state index < -0.39 is 16.1 Å². The molecule has 1 aromatic carbocycles. The molecular weight excluding hydrogens is 341 g/mol. The van der Waals surface area contributed by atoms with Crippen LogP contribution < -0.4 is 0 Å². The van der Waals surface area contributed by atoms with Gasteiger partial charge in [0.05, 0.1) is 6.04 Å². The fourth-order valence-corrected chi connectivity index (χ4v) is 4.78. The van der Waals surface area contributed by atoms with E-state index >= 15 is 0 Å². The summed E-state index contributed by atoms with van der Waals surface area (Å²) >= 11 is 0. The van der Waals surface area contributed by atoms with Crippen molar-refractivity contribution >= 4 is 10.0 Å². The van der Waals surface area contributed by atoms with E-state index in [-0.39, 0.29) is 10.7 Å². The molecule has 1 aliphatic rings. The van der Waals surface area contributed by atoms with Crippen LogP contribution in [0.15, 0.2) is 72.0 Å². The second kappa shape index (κ2) is 6.09. The maximum Gasteiger partial charge on any atom is 0.245 e. The molecule has 0 saturated carbocycles. The van der Waals surface area contributed by atoms with Crippen LogP contribution in [-0.2, 0) is 16.6 Å². The van der Waals surface area contributed by atoms with Gasteiger partial charge in [0.2, 0.25) is 10.0 Å². The molecule has 7 heteroatoms. The lowest BCUT2D eigenvalue weighted by atomic mass is 10.0. The van der Waals surface area contributed by atoms with Crippen LogP contribution in [0, 0.1) is 5.82 Å². The van der Waals surface area contributed by atoms with Crippen LogP contribution in [0.4, 0.5) is 4.39 Å². The van der Waals surface area contributed by atoms with Crippen LogP contribution in [0.2, 0.25) is 0 Å². The molecule has 5 nitrogen and oxygen atoms in total. The van der Waals surface area contributed by atoms with E-state index in [1.807, 2.05) is 22.9 Å². The van der Waals surface area contributed by atoms with E-state index in [1.165, 1.54) is 34.9 Å². The van der Waals surface area contributed by atoms with Crippen molar-refractivity contribution < 1.29 is 12.8 Å². The molecule has 2 aromatic heterocycles. The molecule has 0 fully saturated rings. The Morgan fingerprint density at radius 3 is 2.56 bits per heavy atom. The van der Waals surface area contributed by atoms with E-state index in [9.17, 15) is 12.8 Å². The van der Waals surface area contributed by atoms with Gasteiger partial charge in [-0.3, -0.25) is 4.98 Å². The minimum absolute atomic E-state index is 0.155. The number of pyridine rings is 1. The van der Waals surface area contributed by atoms with Gasteiger partial charge in [0.1, 0.15) is 10.7 Å². The van der Waals surface area contributed by atoms with E-state index in [0.717, 1.165) is 11.3 Å². The van der Waals surface area contributed by atoms with Crippen LogP contribution in [-0.4, -0.2) is 28.8 Å². The summed E-state index contributed by atoms with van der Waals surface area (Å²) in [4.78, 5) is 4.08. The van der Waals surface area contributed by atoms with Gasteiger partial charge in [-0.05, 0) is 42.0 Å². The molecule has 0 aliphatic carbocycles. The summed E-state index contributed by atoms with van der Waals surface area (Å²) in [6.07, 6.45) is 4.82. The molecule has 0 spiro atoms. The topological polar surface area (TPSA) is 55.2 Å². The third-order valence-electron chi connectivity index (χ3n) is 4.42. The fourth-order valence-electron chi connectivity index (χ4n) is 3.24. The molecule has 1 unspecified atom stereocenters. The molecule has 25 heavy (non-hydrogen) atoms. The molecule has 3 heterocycles. The van der Waals surface area contributed by atoms with Gasteiger partial charge in [-0.1, -0.05) is 12.1 Å². The number of sulfonamides is 1. The lowest BCUT2D eigenvalue weighted by molar-refractivity contribution is 0.298. The maximum atomic E-state index is 13.3. The number of halogens is 1. The van der Waals surface area contributed by atoms with E-state index in [1.54, 1.807) is 18.2 Å². The third kappa shape index (κ3) is 2.75. The summed E-state index contributed by atoms with van der Waals surface area (Å²) in [6, 6.07) is 12.4. The number of rotatable bonds is 3. The Balaban J connectivity index is 1.85. The van der Waals surface area contributed by atoms with Crippen LogP contribution in [0.3, 0.4) is 0 Å². The van der Waals surface area contributed by atoms with Gasteiger partial charge in [-0.15, -0.1) is 0 Å². The third-order valence-corrected chi connectivity index (χ3v) is 6.27. The SMILES string of the molecule is O=S(=O)(c1cccnc1)N1CCn2cccc2C1c1ccc(F)cc1. The van der Waals surface area contributed by atoms with Crippen molar-refractivity contribution in [3.05, 3.63) is 84.2 Å². The molecule has 0 radical (unpaired) electrons. The van der Waals surface area contributed by atoms with E-state index in [4.69, 9.17) is 0 Å². The first-order valence-corrected chi connectivity index (χ1v) is 9.34. The zero-order valence-corrected chi connectivity index (χ0v) is 14.1. The Hall–Kier alpha value is -2.51. The number of nitrogens with zero attached hydrogens (tertiary/aromatic N) is 3. The molecule has 0 N–H and O–H groups in total. The Kier molecular flexibility index (Phi) is 3.89. The zero-order valence-electron chi connectivity index (χ0n) is 13.3. The average molecular weight is 357 g/mol. The van der Waals surface area contributed by atoms with Crippen molar-refractivity contribution in [2.24, 2.45) is 0 Å².